The largest absolute Gasteiger partial charge is 0.668 e. The summed E-state index contributed by atoms with van der Waals surface area (Å²) in [4.78, 5) is 29.3. The first-order chi connectivity index (χ1) is 2.00. The second-order valence-corrected chi connectivity index (χ2v) is 1.80. The molecule has 43 valence electrons. The maximum atomic E-state index is 7.33. The van der Waals surface area contributed by atoms with Gasteiger partial charge in [-0.15, -0.1) is 0 Å². The van der Waals surface area contributed by atoms with E-state index in [0.29, 0.717) is 0 Å². The molecule has 0 saturated heterocycles. The average Bonchev–Trinajstić information content (AvgIpc) is 0.722. The zero-order chi connectivity index (χ0) is 4.50. The second-order valence-electron chi connectivity index (χ2n) is 0.600. The van der Waals surface area contributed by atoms with Crippen molar-refractivity contribution in [2.24, 2.45) is 0 Å². The Morgan fingerprint density at radius 2 is 0.833 bits per heavy atom. The summed E-state index contributed by atoms with van der Waals surface area (Å²) >= 11 is 0. The van der Waals surface area contributed by atoms with E-state index in [1.54, 1.807) is 0 Å². The maximum absolute atomic E-state index is 7.33. The van der Waals surface area contributed by atoms with Crippen LogP contribution in [0, 0.1) is 37.7 Å². The summed E-state index contributed by atoms with van der Waals surface area (Å²) in [6.45, 7) is 0. The van der Waals surface area contributed by atoms with Gasteiger partial charge in [-0.3, -0.25) is 0 Å². The van der Waals surface area contributed by atoms with Gasteiger partial charge in [-0.05, 0) is 0 Å². The normalized spacial score (nSPS) is 10.0. The van der Waals surface area contributed by atoms with Crippen LogP contribution in [0.15, 0.2) is 0 Å². The number of hydrogen-bond donors (Lipinski definition) is 4. The molecular weight excluding hydrogens is 257 g/mol. The topological polar surface area (TPSA) is 80.9 Å². The van der Waals surface area contributed by atoms with Crippen LogP contribution in [0.1, 0.15) is 0 Å². The Labute approximate surface area is 65.5 Å². The van der Waals surface area contributed by atoms with Crippen LogP contribution >= 0.6 is 0 Å². The number of hydrogen-bond acceptors (Lipinski definition) is 4. The van der Waals surface area contributed by atoms with Gasteiger partial charge in [0.05, 0.1) is 0 Å². The zero-order valence-corrected chi connectivity index (χ0v) is 5.52. The molecule has 0 aliphatic carbocycles. The number of rotatable bonds is 0. The molecule has 4 nitrogen and oxygen atoms in total. The first-order valence-electron chi connectivity index (χ1n) is 0.894. The minimum Gasteiger partial charge on any atom is -0.368 e. The average molecular weight is 261 g/mol. The van der Waals surface area contributed by atoms with Gasteiger partial charge in [0.15, 0.2) is 0 Å². The van der Waals surface area contributed by atoms with Gasteiger partial charge in [0.1, 0.15) is 0 Å². The molecule has 4 N–H and O–H groups in total. The fourth-order valence-electron chi connectivity index (χ4n) is 0. The van der Waals surface area contributed by atoms with Crippen molar-refractivity contribution >= 4 is 9.05 Å². The molecule has 0 aromatic carbocycles. The smallest absolute Gasteiger partial charge is 0.368 e. The molecule has 0 heterocycles. The van der Waals surface area contributed by atoms with Crippen molar-refractivity contribution in [1.82, 2.24) is 0 Å². The summed E-state index contributed by atoms with van der Waals surface area (Å²) in [5.41, 5.74) is 0. The Kier molecular flexibility index (Phi) is 5.74. The van der Waals surface area contributed by atoms with Crippen molar-refractivity contribution in [3.63, 3.8) is 0 Å². The van der Waals surface area contributed by atoms with Crippen LogP contribution in [-0.2, 0) is 0 Å². The van der Waals surface area contributed by atoms with Crippen molar-refractivity contribution < 1.29 is 56.9 Å². The summed E-state index contributed by atoms with van der Waals surface area (Å²) in [6, 6.07) is 0. The standard InChI is InChI=1S/Ho.H4O4Si/c;1-5(2,3)4/h;1-4H. The zero-order valence-electron chi connectivity index (χ0n) is 2.59. The van der Waals surface area contributed by atoms with Gasteiger partial charge in [-0.1, -0.05) is 0 Å². The first-order valence-corrected chi connectivity index (χ1v) is 2.68. The Hall–Kier alpha value is 1.32. The van der Waals surface area contributed by atoms with E-state index in [2.05, 4.69) is 0 Å². The van der Waals surface area contributed by atoms with E-state index in [1.165, 1.54) is 0 Å². The molecule has 0 bridgehead atoms. The van der Waals surface area contributed by atoms with Crippen molar-refractivity contribution in [1.29, 1.82) is 0 Å². The van der Waals surface area contributed by atoms with Crippen LogP contribution in [0.2, 0.25) is 0 Å². The van der Waals surface area contributed by atoms with E-state index in [0.717, 1.165) is 0 Å². The Morgan fingerprint density at radius 1 is 0.833 bits per heavy atom. The summed E-state index contributed by atoms with van der Waals surface area (Å²) in [6.07, 6.45) is 0. The summed E-state index contributed by atoms with van der Waals surface area (Å²) in [7, 11) is -4.61. The van der Waals surface area contributed by atoms with Crippen LogP contribution in [0.25, 0.3) is 0 Å². The molecule has 0 amide bonds. The third-order valence-electron chi connectivity index (χ3n) is 0. The van der Waals surface area contributed by atoms with Crippen LogP contribution in [0.4, 0.5) is 0 Å². The van der Waals surface area contributed by atoms with Crippen molar-refractivity contribution in [3.05, 3.63) is 0 Å². The van der Waals surface area contributed by atoms with Crippen molar-refractivity contribution in [2.75, 3.05) is 0 Å². The van der Waals surface area contributed by atoms with E-state index in [1.807, 2.05) is 0 Å². The van der Waals surface area contributed by atoms with Gasteiger partial charge >= 0.3 is 9.05 Å². The predicted octanol–water partition coefficient (Wildman–Crippen LogP) is -2.61. The Morgan fingerprint density at radius 3 is 0.833 bits per heavy atom. The van der Waals surface area contributed by atoms with Gasteiger partial charge in [-0.2, -0.15) is 0 Å². The van der Waals surface area contributed by atoms with Crippen LogP contribution in [0.5, 0.6) is 0 Å². The summed E-state index contributed by atoms with van der Waals surface area (Å²) < 4.78 is 0. The van der Waals surface area contributed by atoms with E-state index < -0.39 is 9.05 Å². The molecule has 0 aromatic rings. The van der Waals surface area contributed by atoms with Gasteiger partial charge < -0.3 is 19.2 Å². The van der Waals surface area contributed by atoms with E-state index in [-0.39, 0.29) is 37.7 Å². The van der Waals surface area contributed by atoms with E-state index in [9.17, 15) is 0 Å². The molecule has 6 heteroatoms. The summed E-state index contributed by atoms with van der Waals surface area (Å²) in [5.74, 6) is 0. The molecule has 0 rings (SSSR count). The van der Waals surface area contributed by atoms with Gasteiger partial charge in [-0.25, -0.2) is 0 Å². The molecule has 0 unspecified atom stereocenters. The van der Waals surface area contributed by atoms with Crippen molar-refractivity contribution in [2.45, 2.75) is 0 Å². The fourth-order valence-corrected chi connectivity index (χ4v) is 0. The molecule has 1 radical (unpaired) electrons. The molecule has 0 saturated carbocycles. The van der Waals surface area contributed by atoms with Gasteiger partial charge in [0.2, 0.25) is 0 Å². The van der Waals surface area contributed by atoms with Crippen LogP contribution in [0.3, 0.4) is 0 Å². The molecule has 0 fully saturated rings. The monoisotopic (exact) mass is 261 g/mol. The van der Waals surface area contributed by atoms with E-state index >= 15 is 0 Å². The SMILES string of the molecule is O[Si](O)(O)O.[Ho]. The molecule has 0 aromatic heterocycles. The third kappa shape index (κ3) is 57.1. The first kappa shape index (κ1) is 10.3. The predicted molar refractivity (Wildman–Crippen MR) is 14.6 cm³/mol. The minimum absolute atomic E-state index is 0. The maximum Gasteiger partial charge on any atom is 0.668 e. The molecule has 0 spiro atoms. The Bertz CT molecular complexity index is 23.0. The van der Waals surface area contributed by atoms with Crippen LogP contribution in [-0.4, -0.2) is 28.2 Å². The molecule has 0 atom stereocenters. The van der Waals surface area contributed by atoms with Crippen molar-refractivity contribution in [3.8, 4) is 0 Å². The summed E-state index contributed by atoms with van der Waals surface area (Å²) in [5, 5.41) is 0. The molecule has 0 aliphatic rings. The molecular formula is H4HoO4Si. The minimum atomic E-state index is -4.61. The molecule has 6 heavy (non-hydrogen) atoms. The second kappa shape index (κ2) is 3.34. The quantitative estimate of drug-likeness (QED) is 0.360. The fraction of sp³-hybridized carbons (Fsp3) is 0. The Balaban J connectivity index is 0. The van der Waals surface area contributed by atoms with Gasteiger partial charge in [0.25, 0.3) is 0 Å². The van der Waals surface area contributed by atoms with Gasteiger partial charge in [0, 0.05) is 37.7 Å². The van der Waals surface area contributed by atoms with E-state index in [4.69, 9.17) is 19.2 Å². The van der Waals surface area contributed by atoms with Crippen LogP contribution < -0.4 is 0 Å². The molecule has 0 aliphatic heterocycles. The third-order valence-corrected chi connectivity index (χ3v) is 0.